The van der Waals surface area contributed by atoms with E-state index < -0.39 is 0 Å². The Hall–Kier alpha value is -2.29. The first kappa shape index (κ1) is 20.6. The second kappa shape index (κ2) is 8.68. The molecule has 3 aromatic rings. The molecule has 4 heterocycles. The summed E-state index contributed by atoms with van der Waals surface area (Å²) in [6, 6.07) is 11.1. The number of ether oxygens (including phenoxy) is 1. The summed E-state index contributed by atoms with van der Waals surface area (Å²) in [5.41, 5.74) is 0.856. The quantitative estimate of drug-likeness (QED) is 0.558. The molecular formula is C22H25ClFN5O2. The van der Waals surface area contributed by atoms with Gasteiger partial charge in [0.15, 0.2) is 5.65 Å². The molecule has 2 aliphatic rings. The average Bonchev–Trinajstić information content (AvgIpc) is 3.19. The number of hydrogen-bond donors (Lipinski definition) is 0. The van der Waals surface area contributed by atoms with Crippen molar-refractivity contribution in [3.63, 3.8) is 0 Å². The minimum Gasteiger partial charge on any atom is -0.373 e. The summed E-state index contributed by atoms with van der Waals surface area (Å²) in [4.78, 5) is 15.0. The van der Waals surface area contributed by atoms with Crippen molar-refractivity contribution in [3.05, 3.63) is 63.4 Å². The van der Waals surface area contributed by atoms with Gasteiger partial charge in [0, 0.05) is 30.7 Å². The molecule has 0 spiro atoms. The summed E-state index contributed by atoms with van der Waals surface area (Å²) in [5.74, 6) is -0.206. The molecule has 2 bridgehead atoms. The Balaban J connectivity index is 1.15. The lowest BCUT2D eigenvalue weighted by atomic mass is 9.99. The Bertz CT molecular complexity index is 1120. The highest BCUT2D eigenvalue weighted by atomic mass is 35.5. The molecule has 0 saturated carbocycles. The van der Waals surface area contributed by atoms with E-state index in [9.17, 15) is 9.18 Å². The van der Waals surface area contributed by atoms with Crippen molar-refractivity contribution in [2.45, 2.75) is 63.4 Å². The van der Waals surface area contributed by atoms with Crippen molar-refractivity contribution in [2.24, 2.45) is 0 Å². The predicted octanol–water partition coefficient (Wildman–Crippen LogP) is 3.29. The van der Waals surface area contributed by atoms with Crippen molar-refractivity contribution in [1.29, 1.82) is 0 Å². The largest absolute Gasteiger partial charge is 0.373 e. The van der Waals surface area contributed by atoms with E-state index in [0.717, 1.165) is 25.8 Å². The van der Waals surface area contributed by atoms with Gasteiger partial charge in [0.05, 0.1) is 12.7 Å². The number of aryl methyl sites for hydroxylation is 1. The van der Waals surface area contributed by atoms with Crippen LogP contribution in [0.5, 0.6) is 0 Å². The zero-order chi connectivity index (χ0) is 21.4. The van der Waals surface area contributed by atoms with E-state index in [0.29, 0.717) is 36.4 Å². The molecule has 31 heavy (non-hydrogen) atoms. The van der Waals surface area contributed by atoms with Crippen LogP contribution in [0.1, 0.15) is 37.7 Å². The van der Waals surface area contributed by atoms with Gasteiger partial charge in [0.1, 0.15) is 11.0 Å². The van der Waals surface area contributed by atoms with Gasteiger partial charge in [-0.1, -0.05) is 29.8 Å². The normalized spacial score (nSPS) is 23.6. The molecule has 0 amide bonds. The maximum atomic E-state index is 13.8. The second-order valence-corrected chi connectivity index (χ2v) is 8.79. The zero-order valence-corrected chi connectivity index (χ0v) is 17.9. The van der Waals surface area contributed by atoms with Gasteiger partial charge in [0.25, 0.3) is 0 Å². The fourth-order valence-electron chi connectivity index (χ4n) is 4.98. The standard InChI is InChI=1S/C22H25ClFN5O2/c23-20-8-9-21-26-28(22(30)29(21)25-20)11-3-10-27-16-6-7-17(27)13-18(12-16)31-14-15-4-1-2-5-19(15)24/h1-2,4-5,8-9,16-18H,3,6-7,10-14H2. The zero-order valence-electron chi connectivity index (χ0n) is 17.2. The van der Waals surface area contributed by atoms with Crippen molar-refractivity contribution in [3.8, 4) is 0 Å². The van der Waals surface area contributed by atoms with Gasteiger partial charge < -0.3 is 4.74 Å². The topological polar surface area (TPSA) is 64.7 Å². The number of piperidine rings is 1. The minimum absolute atomic E-state index is 0.172. The summed E-state index contributed by atoms with van der Waals surface area (Å²) in [6.45, 7) is 1.79. The number of hydrogen-bond acceptors (Lipinski definition) is 5. The molecule has 164 valence electrons. The molecule has 2 aliphatic heterocycles. The number of fused-ring (bicyclic) bond motifs is 3. The summed E-state index contributed by atoms with van der Waals surface area (Å²) in [6.07, 6.45) is 5.29. The van der Waals surface area contributed by atoms with Gasteiger partial charge in [-0.2, -0.15) is 4.52 Å². The predicted molar refractivity (Wildman–Crippen MR) is 115 cm³/mol. The highest BCUT2D eigenvalue weighted by Crippen LogP contribution is 2.37. The maximum Gasteiger partial charge on any atom is 0.367 e. The van der Waals surface area contributed by atoms with Gasteiger partial charge in [-0.3, -0.25) is 4.90 Å². The molecule has 9 heteroatoms. The molecule has 2 atom stereocenters. The lowest BCUT2D eigenvalue weighted by Crippen LogP contribution is -2.46. The molecule has 0 aliphatic carbocycles. The molecule has 2 fully saturated rings. The molecule has 2 aromatic heterocycles. The number of halogens is 2. The van der Waals surface area contributed by atoms with Crippen molar-refractivity contribution in [2.75, 3.05) is 6.54 Å². The molecule has 2 saturated heterocycles. The van der Waals surface area contributed by atoms with Crippen LogP contribution in [-0.2, 0) is 17.9 Å². The van der Waals surface area contributed by atoms with E-state index in [4.69, 9.17) is 16.3 Å². The van der Waals surface area contributed by atoms with Crippen molar-refractivity contribution in [1.82, 2.24) is 24.3 Å². The third kappa shape index (κ3) is 4.24. The Morgan fingerprint density at radius 1 is 1.06 bits per heavy atom. The van der Waals surface area contributed by atoms with Crippen LogP contribution in [0.4, 0.5) is 4.39 Å². The van der Waals surface area contributed by atoms with E-state index in [1.54, 1.807) is 24.3 Å². The fourth-order valence-corrected chi connectivity index (χ4v) is 5.12. The van der Waals surface area contributed by atoms with E-state index in [2.05, 4.69) is 15.1 Å². The third-order valence-corrected chi connectivity index (χ3v) is 6.67. The number of aromatic nitrogens is 4. The summed E-state index contributed by atoms with van der Waals surface area (Å²) in [5, 5.41) is 8.63. The SMILES string of the molecule is O=c1n(CCCN2C3CCC2CC(OCc2ccccc2F)C3)nc2ccc(Cl)nn12. The Morgan fingerprint density at radius 2 is 1.84 bits per heavy atom. The minimum atomic E-state index is -0.263. The van der Waals surface area contributed by atoms with Gasteiger partial charge in [-0.15, -0.1) is 10.2 Å². The molecule has 0 N–H and O–H groups in total. The lowest BCUT2D eigenvalue weighted by molar-refractivity contribution is -0.0293. The van der Waals surface area contributed by atoms with Crippen LogP contribution in [0.2, 0.25) is 5.15 Å². The van der Waals surface area contributed by atoms with E-state index in [1.807, 2.05) is 6.07 Å². The number of nitrogens with zero attached hydrogens (tertiary/aromatic N) is 5. The highest BCUT2D eigenvalue weighted by Gasteiger charge is 2.40. The molecule has 1 aromatic carbocycles. The van der Waals surface area contributed by atoms with Gasteiger partial charge in [0.2, 0.25) is 0 Å². The Kier molecular flexibility index (Phi) is 5.77. The van der Waals surface area contributed by atoms with Gasteiger partial charge >= 0.3 is 5.69 Å². The Labute approximate surface area is 184 Å². The van der Waals surface area contributed by atoms with Crippen LogP contribution in [0.25, 0.3) is 5.65 Å². The summed E-state index contributed by atoms with van der Waals surface area (Å²) in [7, 11) is 0. The molecule has 5 rings (SSSR count). The first-order chi connectivity index (χ1) is 15.1. The lowest BCUT2D eigenvalue weighted by Gasteiger charge is -2.38. The smallest absolute Gasteiger partial charge is 0.367 e. The molecule has 7 nitrogen and oxygen atoms in total. The van der Waals surface area contributed by atoms with Gasteiger partial charge in [-0.25, -0.2) is 13.9 Å². The first-order valence-electron chi connectivity index (χ1n) is 10.8. The van der Waals surface area contributed by atoms with E-state index >= 15 is 0 Å². The molecule has 2 unspecified atom stereocenters. The fraction of sp³-hybridized carbons (Fsp3) is 0.500. The highest BCUT2D eigenvalue weighted by molar-refractivity contribution is 6.29. The second-order valence-electron chi connectivity index (χ2n) is 8.40. The molecular weight excluding hydrogens is 421 g/mol. The van der Waals surface area contributed by atoms with E-state index in [-0.39, 0.29) is 22.8 Å². The maximum absolute atomic E-state index is 13.8. The van der Waals surface area contributed by atoms with Crippen molar-refractivity contribution >= 4 is 17.2 Å². The first-order valence-corrected chi connectivity index (χ1v) is 11.2. The summed E-state index contributed by atoms with van der Waals surface area (Å²) >= 11 is 5.88. The van der Waals surface area contributed by atoms with Crippen LogP contribution in [0.15, 0.2) is 41.2 Å². The Morgan fingerprint density at radius 3 is 2.61 bits per heavy atom. The average molecular weight is 446 g/mol. The van der Waals surface area contributed by atoms with E-state index in [1.165, 1.54) is 28.1 Å². The van der Waals surface area contributed by atoms with Crippen molar-refractivity contribution < 1.29 is 9.13 Å². The number of rotatable bonds is 7. The summed E-state index contributed by atoms with van der Waals surface area (Å²) < 4.78 is 22.6. The monoisotopic (exact) mass is 445 g/mol. The number of benzene rings is 1. The van der Waals surface area contributed by atoms with Gasteiger partial charge in [-0.05, 0) is 50.3 Å². The van der Waals surface area contributed by atoms with Crippen LogP contribution in [0, 0.1) is 5.82 Å². The van der Waals surface area contributed by atoms with Crippen LogP contribution < -0.4 is 5.69 Å². The third-order valence-electron chi connectivity index (χ3n) is 6.47. The van der Waals surface area contributed by atoms with Crippen LogP contribution in [-0.4, -0.2) is 49.0 Å². The molecule has 0 radical (unpaired) electrons. The van der Waals surface area contributed by atoms with Crippen LogP contribution >= 0.6 is 11.6 Å². The van der Waals surface area contributed by atoms with Crippen LogP contribution in [0.3, 0.4) is 0 Å².